The van der Waals surface area contributed by atoms with Gasteiger partial charge in [-0.15, -0.1) is 0 Å². The van der Waals surface area contributed by atoms with E-state index in [1.807, 2.05) is 6.92 Å². The maximum atomic E-state index is 13.1. The Morgan fingerprint density at radius 2 is 2.00 bits per heavy atom. The van der Waals surface area contributed by atoms with Gasteiger partial charge >= 0.3 is 0 Å². The van der Waals surface area contributed by atoms with Crippen LogP contribution in [0, 0.1) is 12.7 Å². The highest BCUT2D eigenvalue weighted by atomic mass is 19.1. The molecule has 2 heterocycles. The van der Waals surface area contributed by atoms with Crippen LogP contribution in [0.25, 0.3) is 17.1 Å². The Morgan fingerprint density at radius 1 is 1.26 bits per heavy atom. The van der Waals surface area contributed by atoms with E-state index in [-0.39, 0.29) is 5.82 Å². The Morgan fingerprint density at radius 3 is 2.65 bits per heavy atom. The normalized spacial score (nSPS) is 16.3. The summed E-state index contributed by atoms with van der Waals surface area (Å²) in [5, 5.41) is 8.36. The largest absolute Gasteiger partial charge is 0.334 e. The van der Waals surface area contributed by atoms with Gasteiger partial charge in [0.2, 0.25) is 0 Å². The number of hydrogen-bond donors (Lipinski definition) is 1. The highest BCUT2D eigenvalue weighted by molar-refractivity contribution is 5.56. The van der Waals surface area contributed by atoms with E-state index < -0.39 is 5.54 Å². The number of hydrogen-bond acceptors (Lipinski definition) is 5. The summed E-state index contributed by atoms with van der Waals surface area (Å²) in [6.07, 6.45) is 4.50. The summed E-state index contributed by atoms with van der Waals surface area (Å²) in [7, 11) is 0. The maximum Gasteiger partial charge on any atom is 0.261 e. The van der Waals surface area contributed by atoms with Gasteiger partial charge in [-0.2, -0.15) is 10.1 Å². The van der Waals surface area contributed by atoms with Gasteiger partial charge in [-0.25, -0.2) is 9.07 Å². The van der Waals surface area contributed by atoms with Crippen molar-refractivity contribution in [2.75, 3.05) is 0 Å². The molecule has 0 spiro atoms. The molecular weight excluding hydrogens is 297 g/mol. The van der Waals surface area contributed by atoms with Crippen molar-refractivity contribution < 1.29 is 8.91 Å². The van der Waals surface area contributed by atoms with Crippen molar-refractivity contribution in [1.29, 1.82) is 0 Å². The van der Waals surface area contributed by atoms with Crippen LogP contribution in [-0.2, 0) is 5.54 Å². The molecule has 0 radical (unpaired) electrons. The van der Waals surface area contributed by atoms with Gasteiger partial charge in [0.15, 0.2) is 5.82 Å². The van der Waals surface area contributed by atoms with Crippen LogP contribution in [0.2, 0.25) is 0 Å². The van der Waals surface area contributed by atoms with E-state index in [9.17, 15) is 4.39 Å². The van der Waals surface area contributed by atoms with Gasteiger partial charge in [0.05, 0.1) is 28.7 Å². The van der Waals surface area contributed by atoms with E-state index >= 15 is 0 Å². The first-order chi connectivity index (χ1) is 11.1. The number of aromatic nitrogens is 4. The van der Waals surface area contributed by atoms with Gasteiger partial charge in [0.25, 0.3) is 5.89 Å². The lowest BCUT2D eigenvalue weighted by molar-refractivity contribution is 0.229. The number of rotatable bonds is 3. The summed E-state index contributed by atoms with van der Waals surface area (Å²) in [5.74, 6) is 0.671. The smallest absolute Gasteiger partial charge is 0.261 e. The lowest BCUT2D eigenvalue weighted by atomic mass is 9.77. The molecule has 1 aliphatic carbocycles. The Bertz CT molecular complexity index is 848. The summed E-state index contributed by atoms with van der Waals surface area (Å²) in [5.41, 5.74) is 8.12. The topological polar surface area (TPSA) is 82.8 Å². The van der Waals surface area contributed by atoms with Crippen molar-refractivity contribution in [3.05, 3.63) is 47.8 Å². The molecule has 23 heavy (non-hydrogen) atoms. The quantitative estimate of drug-likeness (QED) is 0.804. The van der Waals surface area contributed by atoms with E-state index in [0.29, 0.717) is 11.7 Å². The highest BCUT2D eigenvalue weighted by Gasteiger charge is 2.39. The van der Waals surface area contributed by atoms with Crippen molar-refractivity contribution in [2.45, 2.75) is 31.7 Å². The SMILES string of the molecule is Cc1c(-c2nc(C3(N)CCC3)no2)cnn1-c1ccc(F)cc1. The third-order valence-corrected chi connectivity index (χ3v) is 4.43. The fourth-order valence-electron chi connectivity index (χ4n) is 2.78. The molecule has 0 bridgehead atoms. The molecule has 1 fully saturated rings. The summed E-state index contributed by atoms with van der Waals surface area (Å²) in [6, 6.07) is 6.13. The van der Waals surface area contributed by atoms with Crippen LogP contribution in [0.5, 0.6) is 0 Å². The number of halogens is 1. The Labute approximate surface area is 132 Å². The van der Waals surface area contributed by atoms with E-state index in [4.69, 9.17) is 10.3 Å². The second-order valence-corrected chi connectivity index (χ2v) is 5.96. The standard InChI is InChI=1S/C16H16FN5O/c1-10-13(9-19-22(10)12-5-3-11(17)4-6-12)14-20-15(21-23-14)16(18)7-2-8-16/h3-6,9H,2,7-8,18H2,1H3. The maximum absolute atomic E-state index is 13.1. The molecule has 0 aliphatic heterocycles. The second kappa shape index (κ2) is 4.99. The molecule has 0 unspecified atom stereocenters. The van der Waals surface area contributed by atoms with Crippen LogP contribution in [0.3, 0.4) is 0 Å². The molecule has 1 aliphatic rings. The molecule has 6 nitrogen and oxygen atoms in total. The zero-order chi connectivity index (χ0) is 16.0. The molecular formula is C16H16FN5O. The van der Waals surface area contributed by atoms with Crippen molar-refractivity contribution >= 4 is 0 Å². The average molecular weight is 313 g/mol. The Balaban J connectivity index is 1.69. The minimum Gasteiger partial charge on any atom is -0.334 e. The van der Waals surface area contributed by atoms with Crippen molar-refractivity contribution in [3.8, 4) is 17.1 Å². The van der Waals surface area contributed by atoms with Crippen LogP contribution in [0.4, 0.5) is 4.39 Å². The first-order valence-electron chi connectivity index (χ1n) is 7.51. The van der Waals surface area contributed by atoms with Crippen LogP contribution in [0.15, 0.2) is 35.0 Å². The molecule has 0 saturated heterocycles. The molecule has 2 aromatic heterocycles. The summed E-state index contributed by atoms with van der Waals surface area (Å²) in [6.45, 7) is 1.90. The van der Waals surface area contributed by atoms with Gasteiger partial charge in [0.1, 0.15) is 5.82 Å². The van der Waals surface area contributed by atoms with E-state index in [1.165, 1.54) is 12.1 Å². The first-order valence-corrected chi connectivity index (χ1v) is 7.51. The first kappa shape index (κ1) is 14.1. The van der Waals surface area contributed by atoms with Crippen molar-refractivity contribution in [3.63, 3.8) is 0 Å². The highest BCUT2D eigenvalue weighted by Crippen LogP contribution is 2.38. The average Bonchev–Trinajstić information content (AvgIpc) is 3.13. The summed E-state index contributed by atoms with van der Waals surface area (Å²) in [4.78, 5) is 4.44. The fraction of sp³-hybridized carbons (Fsp3) is 0.312. The van der Waals surface area contributed by atoms with Crippen LogP contribution < -0.4 is 5.73 Å². The lowest BCUT2D eigenvalue weighted by Crippen LogP contribution is -2.44. The van der Waals surface area contributed by atoms with E-state index in [2.05, 4.69) is 15.2 Å². The van der Waals surface area contributed by atoms with Gasteiger partial charge in [-0.1, -0.05) is 5.16 Å². The van der Waals surface area contributed by atoms with Crippen molar-refractivity contribution in [2.24, 2.45) is 5.73 Å². The molecule has 2 N–H and O–H groups in total. The number of nitrogens with two attached hydrogens (primary N) is 1. The zero-order valence-corrected chi connectivity index (χ0v) is 12.7. The fourth-order valence-corrected chi connectivity index (χ4v) is 2.78. The summed E-state index contributed by atoms with van der Waals surface area (Å²) >= 11 is 0. The van der Waals surface area contributed by atoms with Gasteiger partial charge in [-0.3, -0.25) is 0 Å². The zero-order valence-electron chi connectivity index (χ0n) is 12.7. The molecule has 7 heteroatoms. The third-order valence-electron chi connectivity index (χ3n) is 4.43. The lowest BCUT2D eigenvalue weighted by Gasteiger charge is -2.34. The van der Waals surface area contributed by atoms with Crippen LogP contribution >= 0.6 is 0 Å². The molecule has 4 rings (SSSR count). The third kappa shape index (κ3) is 2.24. The monoisotopic (exact) mass is 313 g/mol. The van der Waals surface area contributed by atoms with E-state index in [1.54, 1.807) is 23.0 Å². The van der Waals surface area contributed by atoms with Gasteiger partial charge < -0.3 is 10.3 Å². The van der Waals surface area contributed by atoms with Gasteiger partial charge in [0, 0.05) is 0 Å². The molecule has 0 atom stereocenters. The predicted octanol–water partition coefficient (Wildman–Crippen LogP) is 2.71. The Kier molecular flexibility index (Phi) is 3.05. The van der Waals surface area contributed by atoms with Crippen molar-refractivity contribution in [1.82, 2.24) is 19.9 Å². The minimum atomic E-state index is -0.456. The molecule has 1 saturated carbocycles. The number of nitrogens with zero attached hydrogens (tertiary/aromatic N) is 4. The van der Waals surface area contributed by atoms with Crippen LogP contribution in [0.1, 0.15) is 30.8 Å². The second-order valence-electron chi connectivity index (χ2n) is 5.96. The predicted molar refractivity (Wildman–Crippen MR) is 81.3 cm³/mol. The number of benzene rings is 1. The molecule has 1 aromatic carbocycles. The minimum absolute atomic E-state index is 0.283. The van der Waals surface area contributed by atoms with Gasteiger partial charge in [-0.05, 0) is 50.5 Å². The molecule has 3 aromatic rings. The molecule has 0 amide bonds. The Hall–Kier alpha value is -2.54. The summed E-state index contributed by atoms with van der Waals surface area (Å²) < 4.78 is 20.1. The van der Waals surface area contributed by atoms with Crippen LogP contribution in [-0.4, -0.2) is 19.9 Å². The molecule has 118 valence electrons. The van der Waals surface area contributed by atoms with E-state index in [0.717, 1.165) is 36.2 Å².